The summed E-state index contributed by atoms with van der Waals surface area (Å²) in [5.41, 5.74) is 2.19. The van der Waals surface area contributed by atoms with Crippen molar-refractivity contribution in [1.82, 2.24) is 0 Å². The third kappa shape index (κ3) is 4.23. The SMILES string of the molecule is CC(=O)Nc1c(/C=N\Nc2ccc([N+](=O)[O-])cc2[N+](=O)[O-])ccc2c1C(=O)c1ccccc1C2=O. The number of non-ortho nitro benzene ring substituents is 1. The number of nitrogens with zero attached hydrogens (tertiary/aromatic N) is 3. The van der Waals surface area contributed by atoms with Crippen molar-refractivity contribution in [3.05, 3.63) is 103 Å². The quantitative estimate of drug-likeness (QED) is 0.242. The number of fused-ring (bicyclic) bond motifs is 2. The lowest BCUT2D eigenvalue weighted by Gasteiger charge is -2.21. The van der Waals surface area contributed by atoms with Gasteiger partial charge in [0.05, 0.1) is 33.4 Å². The van der Waals surface area contributed by atoms with Gasteiger partial charge in [0.25, 0.3) is 5.69 Å². The Balaban J connectivity index is 1.75. The van der Waals surface area contributed by atoms with Gasteiger partial charge in [-0.05, 0) is 12.1 Å². The van der Waals surface area contributed by atoms with Crippen molar-refractivity contribution in [3.8, 4) is 0 Å². The number of hydrogen-bond acceptors (Lipinski definition) is 9. The van der Waals surface area contributed by atoms with Crippen LogP contribution in [0.2, 0.25) is 0 Å². The Morgan fingerprint density at radius 3 is 2.23 bits per heavy atom. The van der Waals surface area contributed by atoms with Gasteiger partial charge in [-0.2, -0.15) is 5.10 Å². The van der Waals surface area contributed by atoms with Gasteiger partial charge >= 0.3 is 5.69 Å². The molecule has 0 unspecified atom stereocenters. The number of ketones is 2. The highest BCUT2D eigenvalue weighted by Gasteiger charge is 2.32. The molecule has 1 aliphatic rings. The second kappa shape index (κ2) is 8.94. The topological polar surface area (TPSA) is 174 Å². The Bertz CT molecular complexity index is 1480. The summed E-state index contributed by atoms with van der Waals surface area (Å²) in [7, 11) is 0. The molecular formula is C23H15N5O7. The van der Waals surface area contributed by atoms with Crippen LogP contribution in [0.4, 0.5) is 22.7 Å². The molecule has 3 aromatic carbocycles. The number of hydrazone groups is 1. The highest BCUT2D eigenvalue weighted by atomic mass is 16.6. The Morgan fingerprint density at radius 2 is 1.60 bits per heavy atom. The van der Waals surface area contributed by atoms with Gasteiger partial charge in [0.15, 0.2) is 11.6 Å². The van der Waals surface area contributed by atoms with Crippen LogP contribution in [0.1, 0.15) is 44.3 Å². The van der Waals surface area contributed by atoms with E-state index < -0.39 is 32.9 Å². The van der Waals surface area contributed by atoms with Gasteiger partial charge in [-0.25, -0.2) is 0 Å². The Kier molecular flexibility index (Phi) is 5.85. The number of nitrogens with one attached hydrogen (secondary N) is 2. The minimum atomic E-state index is -0.797. The Labute approximate surface area is 196 Å². The maximum atomic E-state index is 13.2. The first-order valence-electron chi connectivity index (χ1n) is 10.0. The number of nitro benzene ring substituents is 2. The normalized spacial score (nSPS) is 12.1. The monoisotopic (exact) mass is 473 g/mol. The van der Waals surface area contributed by atoms with Crippen LogP contribution in [0.3, 0.4) is 0 Å². The van der Waals surface area contributed by atoms with Crippen molar-refractivity contribution in [3.63, 3.8) is 0 Å². The van der Waals surface area contributed by atoms with Crippen molar-refractivity contribution >= 4 is 46.4 Å². The van der Waals surface area contributed by atoms with E-state index in [-0.39, 0.29) is 45.0 Å². The zero-order chi connectivity index (χ0) is 25.3. The van der Waals surface area contributed by atoms with Crippen molar-refractivity contribution in [2.45, 2.75) is 6.92 Å². The molecule has 4 rings (SSSR count). The Morgan fingerprint density at radius 1 is 0.914 bits per heavy atom. The molecule has 0 aliphatic heterocycles. The van der Waals surface area contributed by atoms with E-state index in [0.29, 0.717) is 0 Å². The largest absolute Gasteiger partial charge is 0.325 e. The fourth-order valence-electron chi connectivity index (χ4n) is 3.67. The molecule has 0 radical (unpaired) electrons. The molecule has 0 spiro atoms. The standard InChI is InChI=1S/C23H15N5O7/c1-12(29)25-21-13(11-24-26-18-9-7-14(27(32)33)10-19(18)28(34)35)6-8-17-20(21)23(31)16-5-3-2-4-15(16)22(17)30/h2-11,26H,1H3,(H,25,29)/b24-11-. The number of carbonyl (C=O) groups excluding carboxylic acids is 3. The fraction of sp³-hybridized carbons (Fsp3) is 0.0435. The summed E-state index contributed by atoms with van der Waals surface area (Å²) in [5.74, 6) is -1.32. The molecular weight excluding hydrogens is 458 g/mol. The van der Waals surface area contributed by atoms with Gasteiger partial charge in [0.1, 0.15) is 5.69 Å². The number of rotatable bonds is 6. The van der Waals surface area contributed by atoms with E-state index in [0.717, 1.165) is 18.2 Å². The Hall–Kier alpha value is -5.26. The molecule has 0 aromatic heterocycles. The van der Waals surface area contributed by atoms with Crippen LogP contribution < -0.4 is 10.7 Å². The minimum absolute atomic E-state index is 0.00849. The zero-order valence-electron chi connectivity index (χ0n) is 18.0. The maximum Gasteiger partial charge on any atom is 0.301 e. The van der Waals surface area contributed by atoms with Gasteiger partial charge in [0, 0.05) is 35.2 Å². The van der Waals surface area contributed by atoms with Crippen molar-refractivity contribution in [2.24, 2.45) is 5.10 Å². The summed E-state index contributed by atoms with van der Waals surface area (Å²) < 4.78 is 0. The van der Waals surface area contributed by atoms with Gasteiger partial charge in [-0.15, -0.1) is 0 Å². The highest BCUT2D eigenvalue weighted by Crippen LogP contribution is 2.34. The van der Waals surface area contributed by atoms with Crippen LogP contribution in [0.5, 0.6) is 0 Å². The summed E-state index contributed by atoms with van der Waals surface area (Å²) in [6.07, 6.45) is 1.20. The summed E-state index contributed by atoms with van der Waals surface area (Å²) in [6, 6.07) is 12.3. The van der Waals surface area contributed by atoms with E-state index in [4.69, 9.17) is 0 Å². The third-order valence-electron chi connectivity index (χ3n) is 5.20. The van der Waals surface area contributed by atoms with Crippen LogP contribution >= 0.6 is 0 Å². The highest BCUT2D eigenvalue weighted by molar-refractivity contribution is 6.31. The molecule has 0 fully saturated rings. The summed E-state index contributed by atoms with van der Waals surface area (Å²) in [4.78, 5) is 58.7. The third-order valence-corrected chi connectivity index (χ3v) is 5.20. The van der Waals surface area contributed by atoms with Gasteiger partial charge in [-0.1, -0.05) is 30.3 Å². The molecule has 35 heavy (non-hydrogen) atoms. The second-order valence-corrected chi connectivity index (χ2v) is 7.42. The van der Waals surface area contributed by atoms with Gasteiger partial charge < -0.3 is 5.32 Å². The van der Waals surface area contributed by atoms with E-state index in [1.165, 1.54) is 31.3 Å². The summed E-state index contributed by atoms with van der Waals surface area (Å²) >= 11 is 0. The van der Waals surface area contributed by atoms with Crippen LogP contribution in [0, 0.1) is 20.2 Å². The molecule has 0 saturated heterocycles. The molecule has 0 atom stereocenters. The van der Waals surface area contributed by atoms with Crippen LogP contribution in [0.25, 0.3) is 0 Å². The lowest BCUT2D eigenvalue weighted by molar-refractivity contribution is -0.393. The van der Waals surface area contributed by atoms with E-state index in [9.17, 15) is 34.6 Å². The van der Waals surface area contributed by atoms with E-state index in [1.807, 2.05) is 0 Å². The molecule has 1 amide bonds. The number of carbonyl (C=O) groups is 3. The molecule has 0 bridgehead atoms. The van der Waals surface area contributed by atoms with Crippen molar-refractivity contribution < 1.29 is 24.2 Å². The van der Waals surface area contributed by atoms with Crippen molar-refractivity contribution in [2.75, 3.05) is 10.7 Å². The number of nitro groups is 2. The average molecular weight is 473 g/mol. The second-order valence-electron chi connectivity index (χ2n) is 7.42. The van der Waals surface area contributed by atoms with Crippen molar-refractivity contribution in [1.29, 1.82) is 0 Å². The minimum Gasteiger partial charge on any atom is -0.325 e. The summed E-state index contributed by atoms with van der Waals surface area (Å²) in [5, 5.41) is 28.7. The van der Waals surface area contributed by atoms with Crippen LogP contribution in [-0.4, -0.2) is 33.5 Å². The zero-order valence-corrected chi connectivity index (χ0v) is 18.0. The number of anilines is 2. The summed E-state index contributed by atoms with van der Waals surface area (Å²) in [6.45, 7) is 1.24. The molecule has 1 aliphatic carbocycles. The molecule has 12 heteroatoms. The molecule has 174 valence electrons. The lowest BCUT2D eigenvalue weighted by atomic mass is 9.82. The first-order chi connectivity index (χ1) is 16.7. The number of benzene rings is 3. The van der Waals surface area contributed by atoms with Gasteiger partial charge in [0.2, 0.25) is 5.91 Å². The predicted octanol–water partition coefficient (Wildman–Crippen LogP) is 3.68. The first kappa shape index (κ1) is 22.9. The maximum absolute atomic E-state index is 13.2. The number of amides is 1. The van der Waals surface area contributed by atoms with Gasteiger partial charge in [-0.3, -0.25) is 40.0 Å². The van der Waals surface area contributed by atoms with Crippen LogP contribution in [-0.2, 0) is 4.79 Å². The number of hydrogen-bond donors (Lipinski definition) is 2. The average Bonchev–Trinajstić information content (AvgIpc) is 2.82. The molecule has 0 saturated carbocycles. The molecule has 2 N–H and O–H groups in total. The smallest absolute Gasteiger partial charge is 0.301 e. The lowest BCUT2D eigenvalue weighted by Crippen LogP contribution is -2.24. The van der Waals surface area contributed by atoms with E-state index in [2.05, 4.69) is 15.8 Å². The first-order valence-corrected chi connectivity index (χ1v) is 10.0. The van der Waals surface area contributed by atoms with E-state index >= 15 is 0 Å². The fourth-order valence-corrected chi connectivity index (χ4v) is 3.67. The molecule has 0 heterocycles. The molecule has 12 nitrogen and oxygen atoms in total. The van der Waals surface area contributed by atoms with E-state index in [1.54, 1.807) is 18.2 Å². The van der Waals surface area contributed by atoms with Crippen LogP contribution in [0.15, 0.2) is 59.7 Å². The molecule has 3 aromatic rings. The predicted molar refractivity (Wildman–Crippen MR) is 125 cm³/mol.